The van der Waals surface area contributed by atoms with Gasteiger partial charge in [0.15, 0.2) is 11.0 Å². The molecule has 0 saturated carbocycles. The normalized spacial score (nSPS) is 10.6. The van der Waals surface area contributed by atoms with Crippen molar-refractivity contribution >= 4 is 40.9 Å². The van der Waals surface area contributed by atoms with Crippen LogP contribution in [0.4, 0.5) is 5.69 Å². The second kappa shape index (κ2) is 11.7. The molecule has 2 amide bonds. The number of aromatic nitrogens is 3. The Balaban J connectivity index is 1.50. The number of hydrogen-bond acceptors (Lipinski definition) is 6. The Morgan fingerprint density at radius 3 is 2.53 bits per heavy atom. The van der Waals surface area contributed by atoms with E-state index in [4.69, 9.17) is 16.3 Å². The number of amides is 2. The molecule has 4 aromatic rings. The molecule has 0 unspecified atom stereocenters. The first-order valence-electron chi connectivity index (χ1n) is 11.1. The zero-order chi connectivity index (χ0) is 25.5. The van der Waals surface area contributed by atoms with E-state index in [1.807, 2.05) is 49.4 Å². The van der Waals surface area contributed by atoms with E-state index in [9.17, 15) is 9.59 Å². The van der Waals surface area contributed by atoms with Gasteiger partial charge in [-0.05, 0) is 61.0 Å². The molecule has 184 valence electrons. The van der Waals surface area contributed by atoms with Crippen molar-refractivity contribution in [1.29, 1.82) is 0 Å². The molecule has 0 fully saturated rings. The van der Waals surface area contributed by atoms with E-state index in [0.29, 0.717) is 33.0 Å². The predicted octanol–water partition coefficient (Wildman–Crippen LogP) is 4.90. The van der Waals surface area contributed by atoms with Crippen LogP contribution in [0, 0.1) is 6.92 Å². The Kier molecular flexibility index (Phi) is 8.24. The molecule has 0 aliphatic rings. The second-order valence-electron chi connectivity index (χ2n) is 7.80. The molecular formula is C26H24ClN5O3S. The van der Waals surface area contributed by atoms with E-state index in [1.165, 1.54) is 11.8 Å². The minimum Gasteiger partial charge on any atom is -0.497 e. The Bertz CT molecular complexity index is 1370. The highest BCUT2D eigenvalue weighted by Crippen LogP contribution is 2.27. The van der Waals surface area contributed by atoms with Crippen molar-refractivity contribution < 1.29 is 14.3 Å². The number of aryl methyl sites for hydroxylation is 1. The lowest BCUT2D eigenvalue weighted by Crippen LogP contribution is -2.24. The van der Waals surface area contributed by atoms with E-state index in [1.54, 1.807) is 42.0 Å². The minimum absolute atomic E-state index is 0.110. The molecule has 0 saturated heterocycles. The van der Waals surface area contributed by atoms with E-state index in [-0.39, 0.29) is 24.1 Å². The first kappa shape index (κ1) is 25.3. The highest BCUT2D eigenvalue weighted by Gasteiger charge is 2.19. The van der Waals surface area contributed by atoms with Gasteiger partial charge in [0.05, 0.1) is 30.1 Å². The van der Waals surface area contributed by atoms with Crippen molar-refractivity contribution in [1.82, 2.24) is 20.1 Å². The maximum absolute atomic E-state index is 12.7. The molecule has 0 radical (unpaired) electrons. The van der Waals surface area contributed by atoms with Gasteiger partial charge in [0, 0.05) is 11.3 Å². The van der Waals surface area contributed by atoms with Gasteiger partial charge in [0.2, 0.25) is 5.91 Å². The number of nitrogens with zero attached hydrogens (tertiary/aromatic N) is 3. The zero-order valence-electron chi connectivity index (χ0n) is 19.7. The van der Waals surface area contributed by atoms with Crippen LogP contribution in [0.15, 0.2) is 78.0 Å². The maximum Gasteiger partial charge on any atom is 0.251 e. The number of carbonyl (C=O) groups is 2. The number of thioether (sulfide) groups is 1. The molecule has 8 nitrogen and oxygen atoms in total. The van der Waals surface area contributed by atoms with Gasteiger partial charge in [-0.15, -0.1) is 10.2 Å². The number of benzene rings is 3. The monoisotopic (exact) mass is 521 g/mol. The summed E-state index contributed by atoms with van der Waals surface area (Å²) >= 11 is 7.70. The van der Waals surface area contributed by atoms with E-state index in [2.05, 4.69) is 20.8 Å². The lowest BCUT2D eigenvalue weighted by Gasteiger charge is -2.12. The van der Waals surface area contributed by atoms with Crippen LogP contribution in [-0.4, -0.2) is 39.4 Å². The van der Waals surface area contributed by atoms with Gasteiger partial charge in [0.25, 0.3) is 5.91 Å². The van der Waals surface area contributed by atoms with Crippen molar-refractivity contribution in [3.05, 3.63) is 94.8 Å². The standard InChI is InChI=1S/C26H24ClN5O3S/c1-17-6-5-7-19(14-17)29-24(33)16-36-26-31-30-23(32(26)22-9-4-3-8-21(22)27)15-28-25(34)18-10-12-20(35-2)13-11-18/h3-14H,15-16H2,1-2H3,(H,28,34)(H,29,33). The molecule has 0 bridgehead atoms. The number of para-hydroxylation sites is 1. The van der Waals surface area contributed by atoms with Crippen LogP contribution in [0.25, 0.3) is 5.69 Å². The summed E-state index contributed by atoms with van der Waals surface area (Å²) < 4.78 is 6.89. The topological polar surface area (TPSA) is 98.1 Å². The molecule has 3 aromatic carbocycles. The Labute approximate surface area is 218 Å². The van der Waals surface area contributed by atoms with Crippen molar-refractivity contribution in [3.8, 4) is 11.4 Å². The lowest BCUT2D eigenvalue weighted by molar-refractivity contribution is -0.113. The van der Waals surface area contributed by atoms with Gasteiger partial charge in [-0.1, -0.05) is 47.6 Å². The van der Waals surface area contributed by atoms with Crippen LogP contribution < -0.4 is 15.4 Å². The Morgan fingerprint density at radius 1 is 1.03 bits per heavy atom. The lowest BCUT2D eigenvalue weighted by atomic mass is 10.2. The van der Waals surface area contributed by atoms with Gasteiger partial charge in [-0.2, -0.15) is 0 Å². The molecule has 1 aromatic heterocycles. The van der Waals surface area contributed by atoms with E-state index >= 15 is 0 Å². The molecule has 0 spiro atoms. The Morgan fingerprint density at radius 2 is 1.81 bits per heavy atom. The maximum atomic E-state index is 12.7. The number of anilines is 1. The highest BCUT2D eigenvalue weighted by atomic mass is 35.5. The summed E-state index contributed by atoms with van der Waals surface area (Å²) in [7, 11) is 1.57. The smallest absolute Gasteiger partial charge is 0.251 e. The van der Waals surface area contributed by atoms with Gasteiger partial charge in [0.1, 0.15) is 5.75 Å². The number of rotatable bonds is 9. The van der Waals surface area contributed by atoms with Crippen LogP contribution in [-0.2, 0) is 11.3 Å². The van der Waals surface area contributed by atoms with Crippen LogP contribution >= 0.6 is 23.4 Å². The third kappa shape index (κ3) is 6.24. The van der Waals surface area contributed by atoms with Crippen LogP contribution in [0.3, 0.4) is 0 Å². The number of methoxy groups -OCH3 is 1. The Hall–Kier alpha value is -3.82. The highest BCUT2D eigenvalue weighted by molar-refractivity contribution is 7.99. The van der Waals surface area contributed by atoms with Gasteiger partial charge in [-0.25, -0.2) is 0 Å². The zero-order valence-corrected chi connectivity index (χ0v) is 21.3. The number of halogens is 1. The molecule has 0 atom stereocenters. The molecular weight excluding hydrogens is 498 g/mol. The van der Waals surface area contributed by atoms with Crippen LogP contribution in [0.1, 0.15) is 21.7 Å². The summed E-state index contributed by atoms with van der Waals surface area (Å²) in [5.74, 6) is 0.825. The average molecular weight is 522 g/mol. The third-order valence-electron chi connectivity index (χ3n) is 5.19. The van der Waals surface area contributed by atoms with E-state index in [0.717, 1.165) is 11.3 Å². The molecule has 1 heterocycles. The van der Waals surface area contributed by atoms with Crippen molar-refractivity contribution in [3.63, 3.8) is 0 Å². The fraction of sp³-hybridized carbons (Fsp3) is 0.154. The largest absolute Gasteiger partial charge is 0.497 e. The molecule has 2 N–H and O–H groups in total. The first-order chi connectivity index (χ1) is 17.4. The quantitative estimate of drug-likeness (QED) is 0.304. The SMILES string of the molecule is COc1ccc(C(=O)NCc2nnc(SCC(=O)Nc3cccc(C)c3)n2-c2ccccc2Cl)cc1. The number of carbonyl (C=O) groups excluding carboxylic acids is 2. The van der Waals surface area contributed by atoms with Gasteiger partial charge < -0.3 is 15.4 Å². The number of nitrogens with one attached hydrogen (secondary N) is 2. The summed E-state index contributed by atoms with van der Waals surface area (Å²) in [5.41, 5.74) is 2.93. The van der Waals surface area contributed by atoms with Gasteiger partial charge >= 0.3 is 0 Å². The molecule has 10 heteroatoms. The van der Waals surface area contributed by atoms with Crippen molar-refractivity contribution in [2.24, 2.45) is 0 Å². The summed E-state index contributed by atoms with van der Waals surface area (Å²) in [6.45, 7) is 2.07. The van der Waals surface area contributed by atoms with E-state index < -0.39 is 0 Å². The van der Waals surface area contributed by atoms with Crippen LogP contribution in [0.2, 0.25) is 5.02 Å². The van der Waals surface area contributed by atoms with Crippen molar-refractivity contribution in [2.75, 3.05) is 18.2 Å². The molecule has 0 aliphatic heterocycles. The predicted molar refractivity (Wildman–Crippen MR) is 141 cm³/mol. The average Bonchev–Trinajstić information content (AvgIpc) is 3.29. The molecule has 0 aliphatic carbocycles. The van der Waals surface area contributed by atoms with Crippen LogP contribution in [0.5, 0.6) is 5.75 Å². The number of hydrogen-bond donors (Lipinski definition) is 2. The summed E-state index contributed by atoms with van der Waals surface area (Å²) in [5, 5.41) is 15.3. The van der Waals surface area contributed by atoms with Crippen molar-refractivity contribution in [2.45, 2.75) is 18.6 Å². The number of ether oxygens (including phenoxy) is 1. The fourth-order valence-corrected chi connectivity index (χ4v) is 4.42. The summed E-state index contributed by atoms with van der Waals surface area (Å²) in [6.07, 6.45) is 0. The fourth-order valence-electron chi connectivity index (χ4n) is 3.44. The second-order valence-corrected chi connectivity index (χ2v) is 9.15. The molecule has 4 rings (SSSR count). The third-order valence-corrected chi connectivity index (χ3v) is 6.44. The first-order valence-corrected chi connectivity index (χ1v) is 12.4. The summed E-state index contributed by atoms with van der Waals surface area (Å²) in [6, 6.07) is 21.7. The molecule has 36 heavy (non-hydrogen) atoms. The van der Waals surface area contributed by atoms with Gasteiger partial charge in [-0.3, -0.25) is 14.2 Å². The summed E-state index contributed by atoms with van der Waals surface area (Å²) in [4.78, 5) is 25.2. The minimum atomic E-state index is -0.266.